The zero-order valence-corrected chi connectivity index (χ0v) is 16.7. The average Bonchev–Trinajstić information content (AvgIpc) is 2.73. The van der Waals surface area contributed by atoms with Crippen LogP contribution < -0.4 is 15.3 Å². The number of aromatic nitrogens is 1. The molecule has 0 bridgehead atoms. The molecule has 0 fully saturated rings. The number of amides is 1. The highest BCUT2D eigenvalue weighted by atomic mass is 35.5. The van der Waals surface area contributed by atoms with Gasteiger partial charge in [-0.15, -0.1) is 0 Å². The zero-order chi connectivity index (χ0) is 21.7. The summed E-state index contributed by atoms with van der Waals surface area (Å²) in [5.74, 6) is -0.0597. The van der Waals surface area contributed by atoms with E-state index in [9.17, 15) is 20.0 Å². The van der Waals surface area contributed by atoms with Gasteiger partial charge >= 0.3 is 5.69 Å². The summed E-state index contributed by atoms with van der Waals surface area (Å²) in [6.07, 6.45) is -1.48. The van der Waals surface area contributed by atoms with Crippen molar-refractivity contribution in [3.63, 3.8) is 0 Å². The van der Waals surface area contributed by atoms with Crippen LogP contribution in [0.5, 0.6) is 0 Å². The Balaban J connectivity index is 2.15. The van der Waals surface area contributed by atoms with Crippen LogP contribution in [0.2, 0.25) is 5.15 Å². The highest BCUT2D eigenvalue weighted by Crippen LogP contribution is 2.38. The third-order valence-electron chi connectivity index (χ3n) is 4.50. The van der Waals surface area contributed by atoms with Gasteiger partial charge in [0.15, 0.2) is 0 Å². The topological polar surface area (TPSA) is 111 Å². The quantitative estimate of drug-likeness (QED) is 0.347. The lowest BCUT2D eigenvalue weighted by Gasteiger charge is -2.25. The van der Waals surface area contributed by atoms with E-state index < -0.39 is 27.9 Å². The van der Waals surface area contributed by atoms with Gasteiger partial charge in [-0.1, -0.05) is 72.3 Å². The Morgan fingerprint density at radius 1 is 1.13 bits per heavy atom. The third-order valence-corrected chi connectivity index (χ3v) is 4.76. The van der Waals surface area contributed by atoms with E-state index in [0.717, 1.165) is 16.0 Å². The van der Waals surface area contributed by atoms with Crippen LogP contribution in [0.15, 0.2) is 66.7 Å². The van der Waals surface area contributed by atoms with Gasteiger partial charge in [0.05, 0.1) is 11.0 Å². The monoisotopic (exact) mass is 425 g/mol. The first-order valence-corrected chi connectivity index (χ1v) is 9.50. The van der Waals surface area contributed by atoms with Gasteiger partial charge in [0, 0.05) is 12.6 Å². The van der Waals surface area contributed by atoms with Gasteiger partial charge < -0.3 is 20.1 Å². The number of carbonyl (C=O) groups is 1. The van der Waals surface area contributed by atoms with Crippen molar-refractivity contribution in [3.05, 3.63) is 93.1 Å². The molecule has 1 aromatic heterocycles. The zero-order valence-electron chi connectivity index (χ0n) is 16.0. The lowest BCUT2D eigenvalue weighted by atomic mass is 9.98. The Morgan fingerprint density at radius 3 is 2.10 bits per heavy atom. The van der Waals surface area contributed by atoms with E-state index in [4.69, 9.17) is 11.6 Å². The molecule has 0 unspecified atom stereocenters. The number of anilines is 2. The van der Waals surface area contributed by atoms with Crippen LogP contribution in [0, 0.1) is 10.1 Å². The minimum absolute atomic E-state index is 0.0453. The molecule has 30 heavy (non-hydrogen) atoms. The largest absolute Gasteiger partial charge is 0.530 e. The fraction of sp³-hybridized carbons (Fsp3) is 0.143. The van der Waals surface area contributed by atoms with Crippen molar-refractivity contribution in [2.75, 3.05) is 16.8 Å². The summed E-state index contributed by atoms with van der Waals surface area (Å²) in [4.78, 5) is 27.2. The molecule has 3 rings (SSSR count). The molecule has 0 aliphatic heterocycles. The summed E-state index contributed by atoms with van der Waals surface area (Å²) in [6, 6.07) is 19.6. The van der Waals surface area contributed by atoms with E-state index in [1.54, 1.807) is 6.92 Å². The lowest BCUT2D eigenvalue weighted by molar-refractivity contribution is -0.384. The van der Waals surface area contributed by atoms with Crippen LogP contribution in [-0.2, 0) is 0 Å². The number of carboxylic acid groups (broad SMARTS) is 1. The molecule has 0 aliphatic carbocycles. The minimum Gasteiger partial charge on any atom is -0.530 e. The fourth-order valence-corrected chi connectivity index (χ4v) is 3.36. The Labute approximate surface area is 177 Å². The van der Waals surface area contributed by atoms with Crippen LogP contribution in [0.1, 0.15) is 24.1 Å². The van der Waals surface area contributed by atoms with Crippen LogP contribution >= 0.6 is 11.6 Å². The molecule has 0 atom stereocenters. The van der Waals surface area contributed by atoms with Gasteiger partial charge in [0.2, 0.25) is 5.15 Å². The maximum atomic E-state index is 11.7. The molecule has 0 saturated heterocycles. The number of rotatable bonds is 7. The summed E-state index contributed by atoms with van der Waals surface area (Å²) < 4.78 is 0. The summed E-state index contributed by atoms with van der Waals surface area (Å²) in [5.41, 5.74) is 1.33. The van der Waals surface area contributed by atoms with Crippen LogP contribution in [-0.4, -0.2) is 22.5 Å². The maximum absolute atomic E-state index is 11.7. The second kappa shape index (κ2) is 9.23. The number of nitrogens with one attached hydrogen (secondary N) is 1. The van der Waals surface area contributed by atoms with Crippen LogP contribution in [0.4, 0.5) is 22.0 Å². The first kappa shape index (κ1) is 21.1. The number of nitro groups is 1. The second-order valence-corrected chi connectivity index (χ2v) is 6.69. The molecule has 8 nitrogen and oxygen atoms in total. The first-order chi connectivity index (χ1) is 14.4. The van der Waals surface area contributed by atoms with Gasteiger partial charge in [-0.25, -0.2) is 4.98 Å². The van der Waals surface area contributed by atoms with Crippen molar-refractivity contribution >= 4 is 34.9 Å². The molecule has 0 saturated carbocycles. The molecule has 0 aliphatic rings. The molecule has 1 amide bonds. The summed E-state index contributed by atoms with van der Waals surface area (Å²) in [5, 5.41) is 25.8. The normalized spacial score (nSPS) is 10.6. The Hall–Kier alpha value is -3.65. The molecule has 1 N–H and O–H groups in total. The summed E-state index contributed by atoms with van der Waals surface area (Å²) >= 11 is 6.08. The Bertz CT molecular complexity index is 1010. The SMILES string of the molecule is CCN(C(=O)[O-])c1cc(NC(c2ccccc2)c2ccccc2)c([N+](=O)[O-])c(Cl)n1. The van der Waals surface area contributed by atoms with Gasteiger partial charge in [-0.2, -0.15) is 0 Å². The second-order valence-electron chi connectivity index (χ2n) is 6.33. The molecule has 1 heterocycles. The Morgan fingerprint density at radius 2 is 1.67 bits per heavy atom. The lowest BCUT2D eigenvalue weighted by Crippen LogP contribution is -2.41. The van der Waals surface area contributed by atoms with Gasteiger partial charge in [-0.3, -0.25) is 10.1 Å². The highest BCUT2D eigenvalue weighted by molar-refractivity contribution is 6.32. The molecule has 154 valence electrons. The predicted molar refractivity (Wildman–Crippen MR) is 113 cm³/mol. The number of hydrogen-bond acceptors (Lipinski definition) is 6. The number of pyridine rings is 1. The van der Waals surface area contributed by atoms with Crippen LogP contribution in [0.3, 0.4) is 0 Å². The fourth-order valence-electron chi connectivity index (χ4n) is 3.11. The number of halogens is 1. The number of nitrogens with zero attached hydrogens (tertiary/aromatic N) is 3. The van der Waals surface area contributed by atoms with E-state index in [1.165, 1.54) is 6.07 Å². The van der Waals surface area contributed by atoms with Crippen molar-refractivity contribution in [1.82, 2.24) is 4.98 Å². The van der Waals surface area contributed by atoms with Crippen molar-refractivity contribution in [1.29, 1.82) is 0 Å². The molecule has 9 heteroatoms. The molecular formula is C21H18ClN4O4-. The smallest absolute Gasteiger partial charge is 0.329 e. The highest BCUT2D eigenvalue weighted by Gasteiger charge is 2.26. The van der Waals surface area contributed by atoms with Gasteiger partial charge in [0.25, 0.3) is 0 Å². The van der Waals surface area contributed by atoms with E-state index in [1.807, 2.05) is 60.7 Å². The summed E-state index contributed by atoms with van der Waals surface area (Å²) in [7, 11) is 0. The van der Waals surface area contributed by atoms with Gasteiger partial charge in [0.1, 0.15) is 17.6 Å². The number of benzene rings is 2. The molecule has 3 aromatic rings. The van der Waals surface area contributed by atoms with Crippen molar-refractivity contribution in [2.24, 2.45) is 0 Å². The molecular weight excluding hydrogens is 408 g/mol. The minimum atomic E-state index is -1.48. The standard InChI is InChI=1S/C21H19ClN4O4/c1-2-25(21(27)28)17-13-16(19(26(29)30)20(22)24-17)23-18(14-9-5-3-6-10-14)15-11-7-4-8-12-15/h3-13,18H,2H2,1H3,(H,23,24)(H,27,28)/p-1. The van der Waals surface area contributed by atoms with Crippen molar-refractivity contribution in [2.45, 2.75) is 13.0 Å². The molecule has 0 radical (unpaired) electrons. The molecule has 2 aromatic carbocycles. The van der Waals surface area contributed by atoms with Gasteiger partial charge in [-0.05, 0) is 18.1 Å². The predicted octanol–water partition coefficient (Wildman–Crippen LogP) is 4.01. The van der Waals surface area contributed by atoms with E-state index in [-0.39, 0.29) is 18.1 Å². The van der Waals surface area contributed by atoms with E-state index in [0.29, 0.717) is 0 Å². The van der Waals surface area contributed by atoms with Crippen molar-refractivity contribution < 1.29 is 14.8 Å². The number of carbonyl (C=O) groups excluding carboxylic acids is 1. The maximum Gasteiger partial charge on any atom is 0.329 e. The summed E-state index contributed by atoms with van der Waals surface area (Å²) in [6.45, 7) is 1.64. The van der Waals surface area contributed by atoms with Crippen LogP contribution in [0.25, 0.3) is 0 Å². The van der Waals surface area contributed by atoms with Crippen molar-refractivity contribution in [3.8, 4) is 0 Å². The average molecular weight is 426 g/mol. The number of hydrogen-bond donors (Lipinski definition) is 1. The Kier molecular flexibility index (Phi) is 6.48. The van der Waals surface area contributed by atoms with E-state index in [2.05, 4.69) is 10.3 Å². The molecule has 0 spiro atoms. The third kappa shape index (κ3) is 4.49. The first-order valence-electron chi connectivity index (χ1n) is 9.12. The van der Waals surface area contributed by atoms with E-state index >= 15 is 0 Å².